The number of piperazine rings is 1. The quantitative estimate of drug-likeness (QED) is 0.737. The van der Waals surface area contributed by atoms with Gasteiger partial charge in [0.2, 0.25) is 0 Å². The maximum Gasteiger partial charge on any atom is 0.293 e. The van der Waals surface area contributed by atoms with Gasteiger partial charge in [-0.15, -0.1) is 0 Å². The molecule has 1 aromatic heterocycles. The molecule has 0 radical (unpaired) electrons. The topological polar surface area (TPSA) is 67.4 Å². The first kappa shape index (κ1) is 14.0. The predicted molar refractivity (Wildman–Crippen MR) is 76.4 cm³/mol. The van der Waals surface area contributed by atoms with Crippen LogP contribution in [0.15, 0.2) is 17.2 Å². The zero-order valence-corrected chi connectivity index (χ0v) is 11.6. The number of nitrogens with two attached hydrogens (primary N) is 1. The summed E-state index contributed by atoms with van der Waals surface area (Å²) in [5.74, 6) is 0.576. The molecule has 1 fully saturated rings. The summed E-state index contributed by atoms with van der Waals surface area (Å²) in [4.78, 5) is 20.7. The molecule has 1 aliphatic rings. The maximum atomic E-state index is 12.0. The lowest BCUT2D eigenvalue weighted by molar-refractivity contribution is 0.252. The van der Waals surface area contributed by atoms with Crippen LogP contribution in [0.4, 0.5) is 5.82 Å². The van der Waals surface area contributed by atoms with Gasteiger partial charge in [0.1, 0.15) is 0 Å². The van der Waals surface area contributed by atoms with Crippen LogP contribution in [-0.2, 0) is 7.05 Å². The minimum Gasteiger partial charge on any atom is -0.349 e. The van der Waals surface area contributed by atoms with Crippen LogP contribution in [0.2, 0.25) is 0 Å². The van der Waals surface area contributed by atoms with Gasteiger partial charge in [-0.2, -0.15) is 0 Å². The Morgan fingerprint density at radius 3 is 2.68 bits per heavy atom. The number of unbranched alkanes of at least 4 members (excludes halogenated alkanes) is 1. The smallest absolute Gasteiger partial charge is 0.293 e. The van der Waals surface area contributed by atoms with E-state index in [-0.39, 0.29) is 5.56 Å². The van der Waals surface area contributed by atoms with Crippen molar-refractivity contribution in [2.45, 2.75) is 12.8 Å². The van der Waals surface area contributed by atoms with Crippen LogP contribution in [0.3, 0.4) is 0 Å². The Morgan fingerprint density at radius 2 is 2.00 bits per heavy atom. The van der Waals surface area contributed by atoms with E-state index in [9.17, 15) is 4.79 Å². The summed E-state index contributed by atoms with van der Waals surface area (Å²) in [7, 11) is 1.76. The first-order chi connectivity index (χ1) is 9.22. The zero-order valence-electron chi connectivity index (χ0n) is 11.6. The fourth-order valence-corrected chi connectivity index (χ4v) is 2.36. The molecule has 2 N–H and O–H groups in total. The molecule has 0 saturated carbocycles. The van der Waals surface area contributed by atoms with Gasteiger partial charge in [0.05, 0.1) is 0 Å². The third-order valence-electron chi connectivity index (χ3n) is 3.60. The largest absolute Gasteiger partial charge is 0.349 e. The number of aromatic nitrogens is 2. The first-order valence-electron chi connectivity index (χ1n) is 6.91. The third-order valence-corrected chi connectivity index (χ3v) is 3.60. The summed E-state index contributed by atoms with van der Waals surface area (Å²) in [5.41, 5.74) is 5.49. The van der Waals surface area contributed by atoms with E-state index in [2.05, 4.69) is 14.8 Å². The molecule has 6 nitrogen and oxygen atoms in total. The van der Waals surface area contributed by atoms with Gasteiger partial charge in [0.25, 0.3) is 5.56 Å². The van der Waals surface area contributed by atoms with E-state index in [1.165, 1.54) is 0 Å². The number of hydrogen-bond acceptors (Lipinski definition) is 5. The van der Waals surface area contributed by atoms with E-state index in [1.807, 2.05) is 0 Å². The van der Waals surface area contributed by atoms with Crippen LogP contribution in [0, 0.1) is 0 Å². The highest BCUT2D eigenvalue weighted by molar-refractivity contribution is 5.36. The van der Waals surface area contributed by atoms with E-state index in [0.717, 1.165) is 52.1 Å². The number of anilines is 1. The first-order valence-corrected chi connectivity index (χ1v) is 6.91. The van der Waals surface area contributed by atoms with Gasteiger partial charge in [0.15, 0.2) is 5.82 Å². The monoisotopic (exact) mass is 265 g/mol. The van der Waals surface area contributed by atoms with Gasteiger partial charge in [-0.05, 0) is 25.9 Å². The van der Waals surface area contributed by atoms with Gasteiger partial charge in [0, 0.05) is 45.6 Å². The van der Waals surface area contributed by atoms with Crippen molar-refractivity contribution >= 4 is 5.82 Å². The number of hydrogen-bond donors (Lipinski definition) is 1. The molecule has 6 heteroatoms. The Bertz CT molecular complexity index is 451. The Hall–Kier alpha value is -1.40. The Labute approximate surface area is 113 Å². The average Bonchev–Trinajstić information content (AvgIpc) is 2.43. The van der Waals surface area contributed by atoms with Crippen LogP contribution in [0.5, 0.6) is 0 Å². The lowest BCUT2D eigenvalue weighted by Crippen LogP contribution is -2.48. The van der Waals surface area contributed by atoms with Gasteiger partial charge in [-0.1, -0.05) is 0 Å². The minimum absolute atomic E-state index is 0.0147. The van der Waals surface area contributed by atoms with Crippen LogP contribution >= 0.6 is 0 Å². The van der Waals surface area contributed by atoms with E-state index >= 15 is 0 Å². The molecule has 0 unspecified atom stereocenters. The molecular formula is C13H23N5O. The molecule has 0 bridgehead atoms. The fraction of sp³-hybridized carbons (Fsp3) is 0.692. The second-order valence-electron chi connectivity index (χ2n) is 4.99. The molecule has 0 atom stereocenters. The van der Waals surface area contributed by atoms with E-state index in [0.29, 0.717) is 5.82 Å². The summed E-state index contributed by atoms with van der Waals surface area (Å²) < 4.78 is 1.58. The molecule has 1 saturated heterocycles. The molecule has 0 aromatic carbocycles. The Balaban J connectivity index is 1.89. The van der Waals surface area contributed by atoms with Crippen LogP contribution in [0.1, 0.15) is 12.8 Å². The lowest BCUT2D eigenvalue weighted by Gasteiger charge is -2.35. The van der Waals surface area contributed by atoms with Crippen LogP contribution in [0.25, 0.3) is 0 Å². The van der Waals surface area contributed by atoms with Crippen molar-refractivity contribution in [2.75, 3.05) is 44.2 Å². The van der Waals surface area contributed by atoms with Crippen molar-refractivity contribution in [1.29, 1.82) is 0 Å². The Kier molecular flexibility index (Phi) is 4.93. The molecule has 0 spiro atoms. The number of nitrogens with zero attached hydrogens (tertiary/aromatic N) is 4. The van der Waals surface area contributed by atoms with Crippen LogP contribution in [-0.4, -0.2) is 53.7 Å². The van der Waals surface area contributed by atoms with Gasteiger partial charge >= 0.3 is 0 Å². The molecule has 0 aliphatic carbocycles. The normalized spacial score (nSPS) is 16.8. The molecule has 1 aromatic rings. The minimum atomic E-state index is -0.0147. The second-order valence-corrected chi connectivity index (χ2v) is 4.99. The summed E-state index contributed by atoms with van der Waals surface area (Å²) in [6.45, 7) is 5.59. The standard InChI is InChI=1S/C13H23N5O/c1-16-7-5-15-12(13(16)19)18-10-8-17(9-11-18)6-3-2-4-14/h5,7H,2-4,6,8-11,14H2,1H3. The number of rotatable bonds is 5. The van der Waals surface area contributed by atoms with Gasteiger partial charge in [-0.25, -0.2) is 4.98 Å². The predicted octanol–water partition coefficient (Wildman–Crippen LogP) is -0.359. The third kappa shape index (κ3) is 3.54. The summed E-state index contributed by atoms with van der Waals surface area (Å²) in [5, 5.41) is 0. The molecule has 106 valence electrons. The fourth-order valence-electron chi connectivity index (χ4n) is 2.36. The maximum absolute atomic E-state index is 12.0. The van der Waals surface area contributed by atoms with E-state index in [1.54, 1.807) is 24.0 Å². The Morgan fingerprint density at radius 1 is 1.26 bits per heavy atom. The highest BCUT2D eigenvalue weighted by atomic mass is 16.1. The average molecular weight is 265 g/mol. The molecule has 2 rings (SSSR count). The van der Waals surface area contributed by atoms with Crippen LogP contribution < -0.4 is 16.2 Å². The second kappa shape index (κ2) is 6.68. The van der Waals surface area contributed by atoms with Gasteiger partial charge < -0.3 is 15.2 Å². The zero-order chi connectivity index (χ0) is 13.7. The highest BCUT2D eigenvalue weighted by Gasteiger charge is 2.19. The molecule has 1 aliphatic heterocycles. The van der Waals surface area contributed by atoms with Crippen molar-refractivity contribution in [3.63, 3.8) is 0 Å². The lowest BCUT2D eigenvalue weighted by atomic mass is 10.2. The van der Waals surface area contributed by atoms with E-state index < -0.39 is 0 Å². The van der Waals surface area contributed by atoms with Crippen molar-refractivity contribution in [3.8, 4) is 0 Å². The summed E-state index contributed by atoms with van der Waals surface area (Å²) in [6.07, 6.45) is 5.61. The highest BCUT2D eigenvalue weighted by Crippen LogP contribution is 2.09. The van der Waals surface area contributed by atoms with Crippen molar-refractivity contribution in [3.05, 3.63) is 22.7 Å². The number of aryl methyl sites for hydroxylation is 1. The molecular weight excluding hydrogens is 242 g/mol. The van der Waals surface area contributed by atoms with E-state index in [4.69, 9.17) is 5.73 Å². The van der Waals surface area contributed by atoms with Crippen molar-refractivity contribution < 1.29 is 0 Å². The molecule has 19 heavy (non-hydrogen) atoms. The summed E-state index contributed by atoms with van der Waals surface area (Å²) in [6, 6.07) is 0. The SMILES string of the molecule is Cn1ccnc(N2CCN(CCCCN)CC2)c1=O. The van der Waals surface area contributed by atoms with Gasteiger partial charge in [-0.3, -0.25) is 9.69 Å². The van der Waals surface area contributed by atoms with Crippen molar-refractivity contribution in [2.24, 2.45) is 12.8 Å². The van der Waals surface area contributed by atoms with Crippen molar-refractivity contribution in [1.82, 2.24) is 14.5 Å². The molecule has 2 heterocycles. The summed E-state index contributed by atoms with van der Waals surface area (Å²) >= 11 is 0. The molecule has 0 amide bonds.